The molecule has 0 saturated heterocycles. The number of rotatable bonds is 4. The highest BCUT2D eigenvalue weighted by Gasteiger charge is 2.09. The van der Waals surface area contributed by atoms with Gasteiger partial charge >= 0.3 is 0 Å². The maximum atomic E-state index is 12.0. The average Bonchev–Trinajstić information content (AvgIpc) is 2.92. The molecule has 3 heterocycles. The first-order chi connectivity index (χ1) is 9.83. The van der Waals surface area contributed by atoms with Gasteiger partial charge in [0.15, 0.2) is 0 Å². The Morgan fingerprint density at radius 2 is 2.20 bits per heavy atom. The summed E-state index contributed by atoms with van der Waals surface area (Å²) in [6.07, 6.45) is 7.90. The number of nitrogens with zero attached hydrogens (tertiary/aromatic N) is 3. The molecule has 3 rings (SSSR count). The number of aromatic nitrogens is 3. The lowest BCUT2D eigenvalue weighted by molar-refractivity contribution is 0.0950. The minimum atomic E-state index is -0.155. The highest BCUT2D eigenvalue weighted by Crippen LogP contribution is 2.04. The van der Waals surface area contributed by atoms with E-state index in [1.807, 2.05) is 40.9 Å². The molecule has 1 amide bonds. The molecular formula is C15H14N4O. The molecule has 20 heavy (non-hydrogen) atoms. The molecule has 5 heteroatoms. The summed E-state index contributed by atoms with van der Waals surface area (Å²) >= 11 is 0. The summed E-state index contributed by atoms with van der Waals surface area (Å²) in [6.45, 7) is 0.568. The van der Waals surface area contributed by atoms with Crippen LogP contribution in [0.2, 0.25) is 0 Å². The molecule has 3 aromatic heterocycles. The second kappa shape index (κ2) is 5.52. The zero-order valence-corrected chi connectivity index (χ0v) is 10.9. The van der Waals surface area contributed by atoms with Crippen LogP contribution in [0.25, 0.3) is 5.65 Å². The van der Waals surface area contributed by atoms with Crippen LogP contribution >= 0.6 is 0 Å². The van der Waals surface area contributed by atoms with Gasteiger partial charge in [0, 0.05) is 31.3 Å². The van der Waals surface area contributed by atoms with E-state index in [0.29, 0.717) is 12.2 Å². The molecule has 0 saturated carbocycles. The molecule has 0 aliphatic rings. The van der Waals surface area contributed by atoms with Crippen molar-refractivity contribution < 1.29 is 4.79 Å². The van der Waals surface area contributed by atoms with E-state index < -0.39 is 0 Å². The van der Waals surface area contributed by atoms with Crippen LogP contribution in [0.3, 0.4) is 0 Å². The van der Waals surface area contributed by atoms with E-state index in [1.54, 1.807) is 18.6 Å². The quantitative estimate of drug-likeness (QED) is 0.782. The zero-order chi connectivity index (χ0) is 13.8. The lowest BCUT2D eigenvalue weighted by atomic mass is 10.2. The van der Waals surface area contributed by atoms with Crippen molar-refractivity contribution in [3.05, 3.63) is 66.4 Å². The monoisotopic (exact) mass is 266 g/mol. The van der Waals surface area contributed by atoms with Gasteiger partial charge in [0.1, 0.15) is 11.3 Å². The first-order valence-electron chi connectivity index (χ1n) is 6.44. The van der Waals surface area contributed by atoms with Gasteiger partial charge in [0.25, 0.3) is 5.91 Å². The first-order valence-corrected chi connectivity index (χ1v) is 6.44. The lowest BCUT2D eigenvalue weighted by Crippen LogP contribution is -2.26. The molecule has 0 bridgehead atoms. The summed E-state index contributed by atoms with van der Waals surface area (Å²) in [5, 5.41) is 2.87. The van der Waals surface area contributed by atoms with Gasteiger partial charge in [0.2, 0.25) is 0 Å². The summed E-state index contributed by atoms with van der Waals surface area (Å²) in [7, 11) is 0. The lowest BCUT2D eigenvalue weighted by Gasteiger charge is -2.02. The van der Waals surface area contributed by atoms with Crippen molar-refractivity contribution in [3.63, 3.8) is 0 Å². The smallest absolute Gasteiger partial charge is 0.271 e. The Balaban J connectivity index is 1.61. The molecule has 0 aliphatic carbocycles. The number of nitrogens with one attached hydrogen (secondary N) is 1. The number of amides is 1. The molecule has 0 spiro atoms. The molecule has 3 aromatic rings. The molecule has 0 fully saturated rings. The average molecular weight is 266 g/mol. The third-order valence-electron chi connectivity index (χ3n) is 3.02. The predicted molar refractivity (Wildman–Crippen MR) is 75.5 cm³/mol. The van der Waals surface area contributed by atoms with Crippen LogP contribution in [0.1, 0.15) is 16.1 Å². The summed E-state index contributed by atoms with van der Waals surface area (Å²) in [6, 6.07) is 9.54. The first kappa shape index (κ1) is 12.3. The van der Waals surface area contributed by atoms with Crippen molar-refractivity contribution in [3.8, 4) is 0 Å². The molecule has 0 unspecified atom stereocenters. The zero-order valence-electron chi connectivity index (χ0n) is 10.9. The van der Waals surface area contributed by atoms with Crippen LogP contribution in [0.5, 0.6) is 0 Å². The molecule has 0 aliphatic heterocycles. The van der Waals surface area contributed by atoms with Crippen LogP contribution in [-0.2, 0) is 6.42 Å². The van der Waals surface area contributed by atoms with Crippen molar-refractivity contribution in [2.75, 3.05) is 6.54 Å². The standard InChI is InChI=1S/C15H14N4O/c20-15(17-8-6-12-4-3-7-16-10-12)13-11-19-9-2-1-5-14(19)18-13/h1-5,7,9-11H,6,8H2,(H,17,20). The largest absolute Gasteiger partial charge is 0.350 e. The van der Waals surface area contributed by atoms with Gasteiger partial charge in [-0.2, -0.15) is 0 Å². The van der Waals surface area contributed by atoms with E-state index >= 15 is 0 Å². The van der Waals surface area contributed by atoms with Crippen LogP contribution in [0.4, 0.5) is 0 Å². The fourth-order valence-corrected chi connectivity index (χ4v) is 2.00. The maximum absolute atomic E-state index is 12.0. The van der Waals surface area contributed by atoms with Crippen LogP contribution in [-0.4, -0.2) is 26.8 Å². The third kappa shape index (κ3) is 2.66. The van der Waals surface area contributed by atoms with E-state index in [2.05, 4.69) is 15.3 Å². The number of fused-ring (bicyclic) bond motifs is 1. The van der Waals surface area contributed by atoms with E-state index in [9.17, 15) is 4.79 Å². The second-order valence-electron chi connectivity index (χ2n) is 4.46. The normalized spacial score (nSPS) is 10.6. The van der Waals surface area contributed by atoms with Gasteiger partial charge in [0.05, 0.1) is 0 Å². The Hall–Kier alpha value is -2.69. The number of pyridine rings is 2. The summed E-state index contributed by atoms with van der Waals surface area (Å²) in [5.41, 5.74) is 2.30. The highest BCUT2D eigenvalue weighted by atomic mass is 16.1. The van der Waals surface area contributed by atoms with Crippen molar-refractivity contribution in [2.24, 2.45) is 0 Å². The van der Waals surface area contributed by atoms with Crippen LogP contribution < -0.4 is 5.32 Å². The molecule has 100 valence electrons. The summed E-state index contributed by atoms with van der Waals surface area (Å²) < 4.78 is 1.83. The summed E-state index contributed by atoms with van der Waals surface area (Å²) in [4.78, 5) is 20.3. The highest BCUT2D eigenvalue weighted by molar-refractivity contribution is 5.92. The minimum Gasteiger partial charge on any atom is -0.350 e. The topological polar surface area (TPSA) is 59.3 Å². The Labute approximate surface area is 116 Å². The minimum absolute atomic E-state index is 0.155. The van der Waals surface area contributed by atoms with Crippen molar-refractivity contribution in [1.82, 2.24) is 19.7 Å². The third-order valence-corrected chi connectivity index (χ3v) is 3.02. The Kier molecular flexibility index (Phi) is 3.41. The van der Waals surface area contributed by atoms with E-state index in [0.717, 1.165) is 17.6 Å². The Morgan fingerprint density at radius 3 is 3.00 bits per heavy atom. The van der Waals surface area contributed by atoms with E-state index in [-0.39, 0.29) is 5.91 Å². The fourth-order valence-electron chi connectivity index (χ4n) is 2.00. The molecule has 1 N–H and O–H groups in total. The van der Waals surface area contributed by atoms with Crippen LogP contribution in [0.15, 0.2) is 55.1 Å². The van der Waals surface area contributed by atoms with Gasteiger partial charge in [-0.3, -0.25) is 9.78 Å². The van der Waals surface area contributed by atoms with Crippen molar-refractivity contribution in [1.29, 1.82) is 0 Å². The van der Waals surface area contributed by atoms with E-state index in [1.165, 1.54) is 0 Å². The maximum Gasteiger partial charge on any atom is 0.271 e. The number of carbonyl (C=O) groups excluding carboxylic acids is 1. The summed E-state index contributed by atoms with van der Waals surface area (Å²) in [5.74, 6) is -0.155. The molecular weight excluding hydrogens is 252 g/mol. The SMILES string of the molecule is O=C(NCCc1cccnc1)c1cn2ccccc2n1. The van der Waals surface area contributed by atoms with Gasteiger partial charge < -0.3 is 9.72 Å². The fraction of sp³-hybridized carbons (Fsp3) is 0.133. The number of hydrogen-bond donors (Lipinski definition) is 1. The van der Waals surface area contributed by atoms with E-state index in [4.69, 9.17) is 0 Å². The number of imidazole rings is 1. The Morgan fingerprint density at radius 1 is 1.25 bits per heavy atom. The second-order valence-corrected chi connectivity index (χ2v) is 4.46. The molecule has 0 atom stereocenters. The molecule has 5 nitrogen and oxygen atoms in total. The molecule has 0 radical (unpaired) electrons. The van der Waals surface area contributed by atoms with Gasteiger partial charge in [-0.25, -0.2) is 4.98 Å². The van der Waals surface area contributed by atoms with Crippen LogP contribution in [0, 0.1) is 0 Å². The predicted octanol–water partition coefficient (Wildman–Crippen LogP) is 1.70. The van der Waals surface area contributed by atoms with Gasteiger partial charge in [-0.1, -0.05) is 12.1 Å². The van der Waals surface area contributed by atoms with Crippen molar-refractivity contribution in [2.45, 2.75) is 6.42 Å². The van der Waals surface area contributed by atoms with Crippen molar-refractivity contribution >= 4 is 11.6 Å². The van der Waals surface area contributed by atoms with Gasteiger partial charge in [-0.15, -0.1) is 0 Å². The number of hydrogen-bond acceptors (Lipinski definition) is 3. The van der Waals surface area contributed by atoms with Gasteiger partial charge in [-0.05, 0) is 30.2 Å². The Bertz CT molecular complexity index is 688. The number of carbonyl (C=O) groups is 1. The molecule has 0 aromatic carbocycles.